The van der Waals surface area contributed by atoms with Gasteiger partial charge in [-0.1, -0.05) is 111 Å². The molecular formula is C39H53N5O5. The molecule has 10 nitrogen and oxygen atoms in total. The van der Waals surface area contributed by atoms with Crippen LogP contribution in [-0.4, -0.2) is 60.1 Å². The van der Waals surface area contributed by atoms with Gasteiger partial charge < -0.3 is 31.7 Å². The van der Waals surface area contributed by atoms with E-state index in [-0.39, 0.29) is 24.3 Å². The van der Waals surface area contributed by atoms with Gasteiger partial charge in [0.05, 0.1) is 6.04 Å². The molecule has 3 aromatic carbocycles. The van der Waals surface area contributed by atoms with Crippen molar-refractivity contribution in [3.8, 4) is 0 Å². The maximum atomic E-state index is 14.0. The Bertz CT molecular complexity index is 1460. The standard InChI is InChI=1S/C39H53N5O5/c1-6-27(2)34(37(47)43-32(35(40)45)25-29-18-12-8-13-19-29)44-36(46)33(26-30-20-14-9-15-21-30)41-23-22-31(24-28-16-10-7-11-17-28)42-38(48)49-39(3,4)5/h7-21,27,31-34,41H,6,22-26H2,1-5H3,(H2,40,45)(H,42,48)(H,43,47)(H,44,46)/t27?,31-,32+,33+,34?/m1/s1. The molecule has 0 heterocycles. The average molecular weight is 672 g/mol. The Morgan fingerprint density at radius 2 is 1.18 bits per heavy atom. The second kappa shape index (κ2) is 19.3. The second-order valence-corrected chi connectivity index (χ2v) is 13.5. The van der Waals surface area contributed by atoms with Crippen LogP contribution in [-0.2, 0) is 38.4 Å². The largest absolute Gasteiger partial charge is 0.444 e. The van der Waals surface area contributed by atoms with E-state index in [1.165, 1.54) is 0 Å². The minimum atomic E-state index is -0.935. The van der Waals surface area contributed by atoms with Gasteiger partial charge in [0.25, 0.3) is 0 Å². The molecule has 10 heteroatoms. The molecule has 3 rings (SSSR count). The van der Waals surface area contributed by atoms with Gasteiger partial charge in [0, 0.05) is 12.5 Å². The first kappa shape index (κ1) is 38.7. The van der Waals surface area contributed by atoms with Crippen LogP contribution in [0.25, 0.3) is 0 Å². The number of nitrogens with two attached hydrogens (primary N) is 1. The van der Waals surface area contributed by atoms with Gasteiger partial charge in [-0.3, -0.25) is 14.4 Å². The summed E-state index contributed by atoms with van der Waals surface area (Å²) >= 11 is 0. The number of primary amides is 1. The lowest BCUT2D eigenvalue weighted by Gasteiger charge is -2.28. The number of rotatable bonds is 18. The number of amides is 4. The highest BCUT2D eigenvalue weighted by Crippen LogP contribution is 2.13. The first-order valence-corrected chi connectivity index (χ1v) is 17.1. The van der Waals surface area contributed by atoms with E-state index in [9.17, 15) is 19.2 Å². The molecule has 49 heavy (non-hydrogen) atoms. The smallest absolute Gasteiger partial charge is 0.407 e. The van der Waals surface area contributed by atoms with E-state index in [1.54, 1.807) is 0 Å². The topological polar surface area (TPSA) is 152 Å². The first-order chi connectivity index (χ1) is 23.3. The van der Waals surface area contributed by atoms with Gasteiger partial charge >= 0.3 is 6.09 Å². The molecule has 0 aromatic heterocycles. The quantitative estimate of drug-likeness (QED) is 0.135. The number of hydrogen-bond acceptors (Lipinski definition) is 6. The van der Waals surface area contributed by atoms with Gasteiger partial charge in [-0.05, 0) is 69.2 Å². The van der Waals surface area contributed by atoms with E-state index in [0.717, 1.165) is 16.7 Å². The summed E-state index contributed by atoms with van der Waals surface area (Å²) in [7, 11) is 0. The van der Waals surface area contributed by atoms with Crippen LogP contribution in [0.2, 0.25) is 0 Å². The van der Waals surface area contributed by atoms with E-state index in [1.807, 2.05) is 126 Å². The molecule has 0 aliphatic carbocycles. The van der Waals surface area contributed by atoms with Crippen LogP contribution in [0.5, 0.6) is 0 Å². The summed E-state index contributed by atoms with van der Waals surface area (Å²) < 4.78 is 5.52. The Labute approximate surface area is 291 Å². The van der Waals surface area contributed by atoms with Gasteiger partial charge in [-0.15, -0.1) is 0 Å². The number of alkyl carbamates (subject to hydrolysis) is 1. The molecular weight excluding hydrogens is 618 g/mol. The fraction of sp³-hybridized carbons (Fsp3) is 0.436. The summed E-state index contributed by atoms with van der Waals surface area (Å²) in [4.78, 5) is 52.7. The molecule has 0 radical (unpaired) electrons. The highest BCUT2D eigenvalue weighted by atomic mass is 16.6. The van der Waals surface area contributed by atoms with Crippen LogP contribution in [0, 0.1) is 5.92 Å². The van der Waals surface area contributed by atoms with Crippen molar-refractivity contribution in [1.29, 1.82) is 0 Å². The predicted molar refractivity (Wildman–Crippen MR) is 193 cm³/mol. The molecule has 0 aliphatic rings. The Balaban J connectivity index is 1.75. The average Bonchev–Trinajstić information content (AvgIpc) is 3.06. The molecule has 0 spiro atoms. The Hall–Kier alpha value is -4.70. The summed E-state index contributed by atoms with van der Waals surface area (Å²) in [6.07, 6.45) is 1.83. The van der Waals surface area contributed by atoms with Crippen molar-refractivity contribution in [3.05, 3.63) is 108 Å². The summed E-state index contributed by atoms with van der Waals surface area (Å²) in [5.74, 6) is -1.69. The molecule has 3 aromatic rings. The molecule has 0 saturated carbocycles. The predicted octanol–water partition coefficient (Wildman–Crippen LogP) is 4.46. The number of ether oxygens (including phenoxy) is 1. The van der Waals surface area contributed by atoms with Gasteiger partial charge in [-0.2, -0.15) is 0 Å². The molecule has 5 atom stereocenters. The number of carbonyl (C=O) groups is 4. The first-order valence-electron chi connectivity index (χ1n) is 17.1. The number of benzene rings is 3. The zero-order valence-corrected chi connectivity index (χ0v) is 29.4. The molecule has 6 N–H and O–H groups in total. The fourth-order valence-corrected chi connectivity index (χ4v) is 5.43. The molecule has 0 bridgehead atoms. The van der Waals surface area contributed by atoms with Crippen LogP contribution in [0.3, 0.4) is 0 Å². The number of hydrogen-bond donors (Lipinski definition) is 5. The van der Waals surface area contributed by atoms with Gasteiger partial charge in [0.1, 0.15) is 17.7 Å². The van der Waals surface area contributed by atoms with Crippen LogP contribution in [0.1, 0.15) is 64.2 Å². The van der Waals surface area contributed by atoms with Crippen LogP contribution < -0.4 is 27.0 Å². The van der Waals surface area contributed by atoms with Crippen LogP contribution in [0.15, 0.2) is 91.0 Å². The van der Waals surface area contributed by atoms with Crippen molar-refractivity contribution in [2.75, 3.05) is 6.54 Å². The highest BCUT2D eigenvalue weighted by molar-refractivity contribution is 5.93. The SMILES string of the molecule is CCC(C)C(NC(=O)[C@H](Cc1ccccc1)NCC[C@H](Cc1ccccc1)NC(=O)OC(C)(C)C)C(=O)N[C@@H](Cc1ccccc1)C(N)=O. The molecule has 4 amide bonds. The molecule has 2 unspecified atom stereocenters. The van der Waals surface area contributed by atoms with Crippen molar-refractivity contribution in [1.82, 2.24) is 21.3 Å². The van der Waals surface area contributed by atoms with Crippen LogP contribution >= 0.6 is 0 Å². The van der Waals surface area contributed by atoms with Gasteiger partial charge in [-0.25, -0.2) is 4.79 Å². The minimum absolute atomic E-state index is 0.222. The summed E-state index contributed by atoms with van der Waals surface area (Å²) in [5, 5.41) is 12.2. The summed E-state index contributed by atoms with van der Waals surface area (Å²) in [6, 6.07) is 26.0. The maximum absolute atomic E-state index is 14.0. The van der Waals surface area contributed by atoms with Crippen molar-refractivity contribution in [2.45, 2.75) is 96.5 Å². The lowest BCUT2D eigenvalue weighted by atomic mass is 9.96. The van der Waals surface area contributed by atoms with Crippen molar-refractivity contribution < 1.29 is 23.9 Å². The molecule has 0 saturated heterocycles. The Morgan fingerprint density at radius 1 is 0.694 bits per heavy atom. The number of carbonyl (C=O) groups excluding carboxylic acids is 4. The van der Waals surface area contributed by atoms with E-state index >= 15 is 0 Å². The van der Waals surface area contributed by atoms with Gasteiger partial charge in [0.2, 0.25) is 17.7 Å². The summed E-state index contributed by atoms with van der Waals surface area (Å²) in [6.45, 7) is 9.68. The fourth-order valence-electron chi connectivity index (χ4n) is 5.43. The van der Waals surface area contributed by atoms with Crippen molar-refractivity contribution >= 4 is 23.8 Å². The van der Waals surface area contributed by atoms with E-state index in [2.05, 4.69) is 21.3 Å². The minimum Gasteiger partial charge on any atom is -0.444 e. The number of nitrogens with one attached hydrogen (secondary N) is 4. The Morgan fingerprint density at radius 3 is 1.65 bits per heavy atom. The molecule has 0 fully saturated rings. The lowest BCUT2D eigenvalue weighted by Crippen LogP contribution is -2.58. The molecule has 264 valence electrons. The maximum Gasteiger partial charge on any atom is 0.407 e. The zero-order chi connectivity index (χ0) is 35.8. The Kier molecular flexibility index (Phi) is 15.3. The van der Waals surface area contributed by atoms with E-state index in [4.69, 9.17) is 10.5 Å². The van der Waals surface area contributed by atoms with Crippen molar-refractivity contribution in [2.24, 2.45) is 11.7 Å². The van der Waals surface area contributed by atoms with E-state index in [0.29, 0.717) is 32.2 Å². The zero-order valence-electron chi connectivity index (χ0n) is 29.4. The van der Waals surface area contributed by atoms with Crippen molar-refractivity contribution in [3.63, 3.8) is 0 Å². The second-order valence-electron chi connectivity index (χ2n) is 13.5. The third kappa shape index (κ3) is 14.1. The molecule has 0 aliphatic heterocycles. The van der Waals surface area contributed by atoms with E-state index < -0.39 is 41.6 Å². The summed E-state index contributed by atoms with van der Waals surface area (Å²) in [5.41, 5.74) is 7.90. The third-order valence-corrected chi connectivity index (χ3v) is 8.26. The third-order valence-electron chi connectivity index (χ3n) is 8.26. The lowest BCUT2D eigenvalue weighted by molar-refractivity contribution is -0.133. The van der Waals surface area contributed by atoms with Crippen LogP contribution in [0.4, 0.5) is 4.79 Å². The highest BCUT2D eigenvalue weighted by Gasteiger charge is 2.31. The van der Waals surface area contributed by atoms with Gasteiger partial charge in [0.15, 0.2) is 0 Å². The monoisotopic (exact) mass is 671 g/mol. The normalized spacial score (nSPS) is 14.4.